The lowest BCUT2D eigenvalue weighted by Crippen LogP contribution is -2.02. The standard InChI is InChI=1S/C11H6ClN3O5/c12-7-5-6(15(18)19)1-3-9(7)20-10-4-2-8(11(16)17)13-14-10/h1-5H,(H,16,17). The lowest BCUT2D eigenvalue weighted by molar-refractivity contribution is -0.384. The number of rotatable bonds is 4. The molecule has 2 aromatic rings. The van der Waals surface area contributed by atoms with E-state index in [-0.39, 0.29) is 28.0 Å². The Bertz CT molecular complexity index is 674. The van der Waals surface area contributed by atoms with Crippen molar-refractivity contribution in [2.75, 3.05) is 0 Å². The van der Waals surface area contributed by atoms with E-state index in [4.69, 9.17) is 21.4 Å². The van der Waals surface area contributed by atoms with Gasteiger partial charge in [-0.05, 0) is 12.1 Å². The van der Waals surface area contributed by atoms with Crippen molar-refractivity contribution in [2.24, 2.45) is 0 Å². The molecule has 0 aliphatic heterocycles. The van der Waals surface area contributed by atoms with E-state index >= 15 is 0 Å². The fourth-order valence-electron chi connectivity index (χ4n) is 1.29. The first-order chi connectivity index (χ1) is 9.47. The Morgan fingerprint density at radius 1 is 1.30 bits per heavy atom. The highest BCUT2D eigenvalue weighted by Gasteiger charge is 2.12. The molecule has 1 heterocycles. The second-order valence-corrected chi connectivity index (χ2v) is 3.94. The number of ether oxygens (including phenoxy) is 1. The van der Waals surface area contributed by atoms with Gasteiger partial charge in [-0.25, -0.2) is 4.79 Å². The number of carboxylic acids is 1. The number of hydrogen-bond acceptors (Lipinski definition) is 6. The van der Waals surface area contributed by atoms with Gasteiger partial charge in [-0.3, -0.25) is 10.1 Å². The number of non-ortho nitro benzene ring substituents is 1. The molecule has 8 nitrogen and oxygen atoms in total. The van der Waals surface area contributed by atoms with Gasteiger partial charge in [0.05, 0.1) is 9.95 Å². The van der Waals surface area contributed by atoms with Crippen LogP contribution in [-0.4, -0.2) is 26.2 Å². The Morgan fingerprint density at radius 3 is 2.55 bits per heavy atom. The Labute approximate surface area is 116 Å². The van der Waals surface area contributed by atoms with E-state index in [1.165, 1.54) is 24.3 Å². The SMILES string of the molecule is O=C(O)c1ccc(Oc2ccc([N+](=O)[O-])cc2Cl)nn1. The van der Waals surface area contributed by atoms with E-state index in [1.807, 2.05) is 0 Å². The van der Waals surface area contributed by atoms with Crippen LogP contribution in [0, 0.1) is 10.1 Å². The maximum Gasteiger partial charge on any atom is 0.356 e. The van der Waals surface area contributed by atoms with Crippen LogP contribution < -0.4 is 4.74 Å². The predicted molar refractivity (Wildman–Crippen MR) is 67.2 cm³/mol. The van der Waals surface area contributed by atoms with Crippen molar-refractivity contribution < 1.29 is 19.6 Å². The summed E-state index contributed by atoms with van der Waals surface area (Å²) < 4.78 is 5.26. The first-order valence-electron chi connectivity index (χ1n) is 5.16. The predicted octanol–water partition coefficient (Wildman–Crippen LogP) is 2.53. The van der Waals surface area contributed by atoms with Gasteiger partial charge in [0, 0.05) is 18.2 Å². The first kappa shape index (κ1) is 13.7. The average Bonchev–Trinajstić information content (AvgIpc) is 2.41. The van der Waals surface area contributed by atoms with Gasteiger partial charge < -0.3 is 9.84 Å². The molecule has 0 aliphatic carbocycles. The van der Waals surface area contributed by atoms with Gasteiger partial charge in [-0.1, -0.05) is 11.6 Å². The molecule has 20 heavy (non-hydrogen) atoms. The second-order valence-electron chi connectivity index (χ2n) is 3.54. The quantitative estimate of drug-likeness (QED) is 0.680. The summed E-state index contributed by atoms with van der Waals surface area (Å²) in [5, 5.41) is 26.2. The largest absolute Gasteiger partial charge is 0.476 e. The molecule has 9 heteroatoms. The minimum Gasteiger partial charge on any atom is -0.476 e. The number of halogens is 1. The van der Waals surface area contributed by atoms with Crippen molar-refractivity contribution >= 4 is 23.3 Å². The van der Waals surface area contributed by atoms with Crippen molar-refractivity contribution in [1.82, 2.24) is 10.2 Å². The van der Waals surface area contributed by atoms with E-state index in [2.05, 4.69) is 10.2 Å². The number of aromatic nitrogens is 2. The van der Waals surface area contributed by atoms with Crippen molar-refractivity contribution in [3.8, 4) is 11.6 Å². The van der Waals surface area contributed by atoms with Gasteiger partial charge in [0.25, 0.3) is 5.69 Å². The zero-order valence-electron chi connectivity index (χ0n) is 9.69. The third kappa shape index (κ3) is 2.98. The molecule has 1 N–H and O–H groups in total. The zero-order valence-corrected chi connectivity index (χ0v) is 10.4. The lowest BCUT2D eigenvalue weighted by atomic mass is 10.3. The molecule has 0 atom stereocenters. The fourth-order valence-corrected chi connectivity index (χ4v) is 1.50. The second kappa shape index (κ2) is 5.49. The van der Waals surface area contributed by atoms with Gasteiger partial charge in [-0.15, -0.1) is 10.2 Å². The summed E-state index contributed by atoms with van der Waals surface area (Å²) >= 11 is 5.83. The van der Waals surface area contributed by atoms with Crippen LogP contribution >= 0.6 is 11.6 Å². The molecule has 0 fully saturated rings. The Kier molecular flexibility index (Phi) is 3.76. The van der Waals surface area contributed by atoms with Crippen molar-refractivity contribution in [2.45, 2.75) is 0 Å². The molecular formula is C11H6ClN3O5. The smallest absolute Gasteiger partial charge is 0.356 e. The Hall–Kier alpha value is -2.74. The molecule has 0 saturated carbocycles. The summed E-state index contributed by atoms with van der Waals surface area (Å²) in [6.07, 6.45) is 0. The number of nitrogens with zero attached hydrogens (tertiary/aromatic N) is 3. The van der Waals surface area contributed by atoms with Crippen LogP contribution in [0.25, 0.3) is 0 Å². The van der Waals surface area contributed by atoms with Crippen LogP contribution in [0.5, 0.6) is 11.6 Å². The number of nitro benzene ring substituents is 1. The van der Waals surface area contributed by atoms with Crippen LogP contribution in [0.2, 0.25) is 5.02 Å². The third-order valence-corrected chi connectivity index (χ3v) is 2.50. The summed E-state index contributed by atoms with van der Waals surface area (Å²) in [4.78, 5) is 20.6. The third-order valence-electron chi connectivity index (χ3n) is 2.20. The summed E-state index contributed by atoms with van der Waals surface area (Å²) in [5.74, 6) is -1.04. The highest BCUT2D eigenvalue weighted by atomic mass is 35.5. The number of carbonyl (C=O) groups is 1. The van der Waals surface area contributed by atoms with E-state index < -0.39 is 10.9 Å². The zero-order chi connectivity index (χ0) is 14.7. The summed E-state index contributed by atoms with van der Waals surface area (Å²) in [6, 6.07) is 6.18. The van der Waals surface area contributed by atoms with E-state index in [0.29, 0.717) is 0 Å². The van der Waals surface area contributed by atoms with E-state index in [0.717, 1.165) is 6.07 Å². The summed E-state index contributed by atoms with van der Waals surface area (Å²) in [5.41, 5.74) is -0.401. The summed E-state index contributed by atoms with van der Waals surface area (Å²) in [7, 11) is 0. The molecule has 0 aliphatic rings. The topological polar surface area (TPSA) is 115 Å². The molecule has 0 spiro atoms. The minimum atomic E-state index is -1.21. The number of carboxylic acid groups (broad SMARTS) is 1. The molecule has 0 unspecified atom stereocenters. The maximum atomic E-state index is 10.6. The molecule has 0 bridgehead atoms. The minimum absolute atomic E-state index is 0.0192. The highest BCUT2D eigenvalue weighted by molar-refractivity contribution is 6.32. The average molecular weight is 296 g/mol. The molecule has 1 aromatic heterocycles. The van der Waals surface area contributed by atoms with Crippen LogP contribution in [0.15, 0.2) is 30.3 Å². The Morgan fingerprint density at radius 2 is 2.05 bits per heavy atom. The number of aromatic carboxylic acids is 1. The monoisotopic (exact) mass is 295 g/mol. The van der Waals surface area contributed by atoms with Crippen LogP contribution in [0.3, 0.4) is 0 Å². The lowest BCUT2D eigenvalue weighted by Gasteiger charge is -2.05. The number of hydrogen-bond donors (Lipinski definition) is 1. The van der Waals surface area contributed by atoms with E-state index in [1.54, 1.807) is 0 Å². The fraction of sp³-hybridized carbons (Fsp3) is 0. The number of nitro groups is 1. The maximum absolute atomic E-state index is 10.6. The van der Waals surface area contributed by atoms with Crippen LogP contribution in [0.4, 0.5) is 5.69 Å². The van der Waals surface area contributed by atoms with Crippen LogP contribution in [0.1, 0.15) is 10.5 Å². The van der Waals surface area contributed by atoms with Gasteiger partial charge in [0.15, 0.2) is 5.69 Å². The van der Waals surface area contributed by atoms with Gasteiger partial charge >= 0.3 is 5.97 Å². The summed E-state index contributed by atoms with van der Waals surface area (Å²) in [6.45, 7) is 0. The van der Waals surface area contributed by atoms with Crippen molar-refractivity contribution in [3.05, 3.63) is 51.2 Å². The van der Waals surface area contributed by atoms with E-state index in [9.17, 15) is 14.9 Å². The van der Waals surface area contributed by atoms with Crippen molar-refractivity contribution in [1.29, 1.82) is 0 Å². The van der Waals surface area contributed by atoms with Gasteiger partial charge in [0.1, 0.15) is 5.75 Å². The molecule has 102 valence electrons. The van der Waals surface area contributed by atoms with Crippen LogP contribution in [-0.2, 0) is 0 Å². The molecule has 0 radical (unpaired) electrons. The molecule has 1 aromatic carbocycles. The van der Waals surface area contributed by atoms with Gasteiger partial charge in [0.2, 0.25) is 5.88 Å². The molecule has 2 rings (SSSR count). The Balaban J connectivity index is 2.21. The molecule has 0 saturated heterocycles. The molecular weight excluding hydrogens is 290 g/mol. The van der Waals surface area contributed by atoms with Crippen molar-refractivity contribution in [3.63, 3.8) is 0 Å². The number of benzene rings is 1. The van der Waals surface area contributed by atoms with Gasteiger partial charge in [-0.2, -0.15) is 0 Å². The molecule has 0 amide bonds. The highest BCUT2D eigenvalue weighted by Crippen LogP contribution is 2.31. The first-order valence-corrected chi connectivity index (χ1v) is 5.54. The normalized spacial score (nSPS) is 10.1.